The maximum atomic E-state index is 13.3. The maximum absolute atomic E-state index is 13.3. The smallest absolute Gasteiger partial charge is 0.297 e. The van der Waals surface area contributed by atoms with Gasteiger partial charge in [0, 0.05) is 5.69 Å². The summed E-state index contributed by atoms with van der Waals surface area (Å²) in [5, 5.41) is 3.03. The highest BCUT2D eigenvalue weighted by Gasteiger charge is 2.26. The molecule has 0 saturated heterocycles. The third-order valence-electron chi connectivity index (χ3n) is 6.56. The van der Waals surface area contributed by atoms with E-state index in [0.717, 1.165) is 33.5 Å². The van der Waals surface area contributed by atoms with E-state index in [0.29, 0.717) is 0 Å². The molecule has 0 saturated carbocycles. The van der Waals surface area contributed by atoms with E-state index in [9.17, 15) is 13.2 Å². The molecule has 0 atom stereocenters. The molecule has 0 fully saturated rings. The van der Waals surface area contributed by atoms with Crippen LogP contribution < -0.4 is 5.32 Å². The normalized spacial score (nSPS) is 12.4. The molecule has 0 aliphatic heterocycles. The molecular formula is C30H45NO4S. The molecule has 0 unspecified atom stereocenters. The molecule has 0 bridgehead atoms. The van der Waals surface area contributed by atoms with Crippen LogP contribution in [0.4, 0.5) is 5.69 Å². The lowest BCUT2D eigenvalue weighted by Gasteiger charge is -2.22. The molecule has 0 aliphatic rings. The minimum Gasteiger partial charge on any atom is -0.325 e. The first-order valence-corrected chi connectivity index (χ1v) is 14.6. The van der Waals surface area contributed by atoms with Crippen molar-refractivity contribution in [3.8, 4) is 0 Å². The van der Waals surface area contributed by atoms with Crippen molar-refractivity contribution in [3.05, 3.63) is 58.1 Å². The first-order chi connectivity index (χ1) is 16.7. The Balaban J connectivity index is 2.26. The van der Waals surface area contributed by atoms with Gasteiger partial charge < -0.3 is 5.32 Å². The molecule has 200 valence electrons. The SMILES string of the molecule is CC(C)c1cc(C(C)C)c(S(=O)(=O)OCCC(=O)Nc2c(C(C)C)cccc2C(C)C)cc1C(C)C. The van der Waals surface area contributed by atoms with E-state index in [4.69, 9.17) is 4.18 Å². The number of carbonyl (C=O) groups excluding carboxylic acids is 1. The molecule has 6 heteroatoms. The lowest BCUT2D eigenvalue weighted by atomic mass is 9.87. The summed E-state index contributed by atoms with van der Waals surface area (Å²) in [5.74, 6) is 0.706. The quantitative estimate of drug-likeness (QED) is 0.307. The van der Waals surface area contributed by atoms with Crippen molar-refractivity contribution < 1.29 is 17.4 Å². The molecule has 2 aromatic carbocycles. The highest BCUT2D eigenvalue weighted by Crippen LogP contribution is 2.35. The summed E-state index contributed by atoms with van der Waals surface area (Å²) < 4.78 is 32.0. The lowest BCUT2D eigenvalue weighted by molar-refractivity contribution is -0.116. The second-order valence-electron chi connectivity index (χ2n) is 11.2. The zero-order valence-corrected chi connectivity index (χ0v) is 24.5. The number of benzene rings is 2. The summed E-state index contributed by atoms with van der Waals surface area (Å²) in [6.07, 6.45) is -0.0542. The molecule has 1 amide bonds. The maximum Gasteiger partial charge on any atom is 0.297 e. The third kappa shape index (κ3) is 7.19. The minimum absolute atomic E-state index is 0.0161. The van der Waals surface area contributed by atoms with Crippen LogP contribution in [0.15, 0.2) is 35.2 Å². The van der Waals surface area contributed by atoms with E-state index in [2.05, 4.69) is 60.7 Å². The number of hydrogen-bond acceptors (Lipinski definition) is 4. The van der Waals surface area contributed by atoms with E-state index in [1.54, 1.807) is 6.07 Å². The molecule has 5 nitrogen and oxygen atoms in total. The number of amides is 1. The van der Waals surface area contributed by atoms with Gasteiger partial charge in [0.2, 0.25) is 5.91 Å². The van der Waals surface area contributed by atoms with Crippen LogP contribution in [0.3, 0.4) is 0 Å². The van der Waals surface area contributed by atoms with Gasteiger partial charge in [0.25, 0.3) is 10.1 Å². The molecule has 0 radical (unpaired) electrons. The predicted molar refractivity (Wildman–Crippen MR) is 150 cm³/mol. The Hall–Kier alpha value is -2.18. The van der Waals surface area contributed by atoms with Crippen LogP contribution in [-0.2, 0) is 19.1 Å². The number of para-hydroxylation sites is 1. The van der Waals surface area contributed by atoms with Crippen LogP contribution in [0.1, 0.15) is 133 Å². The molecule has 2 rings (SSSR count). The Kier molecular flexibility index (Phi) is 10.3. The Morgan fingerprint density at radius 1 is 0.722 bits per heavy atom. The Morgan fingerprint density at radius 3 is 1.61 bits per heavy atom. The van der Waals surface area contributed by atoms with E-state index >= 15 is 0 Å². The molecule has 0 spiro atoms. The molecular weight excluding hydrogens is 470 g/mol. The van der Waals surface area contributed by atoms with Crippen molar-refractivity contribution in [1.29, 1.82) is 0 Å². The van der Waals surface area contributed by atoms with E-state index < -0.39 is 10.1 Å². The largest absolute Gasteiger partial charge is 0.325 e. The van der Waals surface area contributed by atoms with Gasteiger partial charge in [0.15, 0.2) is 0 Å². The predicted octanol–water partition coefficient (Wildman–Crippen LogP) is 8.04. The van der Waals surface area contributed by atoms with Gasteiger partial charge in [-0.25, -0.2) is 0 Å². The van der Waals surface area contributed by atoms with Gasteiger partial charge in [-0.3, -0.25) is 8.98 Å². The fraction of sp³-hybridized carbons (Fsp3) is 0.567. The summed E-state index contributed by atoms with van der Waals surface area (Å²) >= 11 is 0. The molecule has 0 aliphatic carbocycles. The van der Waals surface area contributed by atoms with Crippen molar-refractivity contribution in [2.24, 2.45) is 0 Å². The van der Waals surface area contributed by atoms with Crippen molar-refractivity contribution in [2.75, 3.05) is 11.9 Å². The number of carbonyl (C=O) groups is 1. The second-order valence-corrected chi connectivity index (χ2v) is 12.8. The molecule has 0 heterocycles. The molecule has 0 aromatic heterocycles. The number of hydrogen-bond donors (Lipinski definition) is 1. The molecule has 36 heavy (non-hydrogen) atoms. The summed E-state index contributed by atoms with van der Waals surface area (Å²) in [6.45, 7) is 20.5. The van der Waals surface area contributed by atoms with Gasteiger partial charge in [-0.15, -0.1) is 0 Å². The Bertz CT molecular complexity index is 1140. The average Bonchev–Trinajstić information content (AvgIpc) is 2.77. The van der Waals surface area contributed by atoms with Crippen molar-refractivity contribution in [3.63, 3.8) is 0 Å². The van der Waals surface area contributed by atoms with Crippen molar-refractivity contribution >= 4 is 21.7 Å². The number of anilines is 1. The topological polar surface area (TPSA) is 72.5 Å². The van der Waals surface area contributed by atoms with Crippen LogP contribution in [0, 0.1) is 0 Å². The Labute approximate surface area is 219 Å². The zero-order valence-electron chi connectivity index (χ0n) is 23.7. The monoisotopic (exact) mass is 515 g/mol. The zero-order chi connectivity index (χ0) is 27.4. The molecule has 2 aromatic rings. The van der Waals surface area contributed by atoms with Gasteiger partial charge in [0.05, 0.1) is 17.9 Å². The fourth-order valence-corrected chi connectivity index (χ4v) is 5.79. The van der Waals surface area contributed by atoms with Gasteiger partial charge in [-0.1, -0.05) is 93.5 Å². The first-order valence-electron chi connectivity index (χ1n) is 13.2. The highest BCUT2D eigenvalue weighted by atomic mass is 32.2. The second kappa shape index (κ2) is 12.4. The number of nitrogens with one attached hydrogen (secondary N) is 1. The highest BCUT2D eigenvalue weighted by molar-refractivity contribution is 7.86. The summed E-state index contributed by atoms with van der Waals surface area (Å²) in [5.41, 5.74) is 5.88. The van der Waals surface area contributed by atoms with Crippen molar-refractivity contribution in [1.82, 2.24) is 0 Å². The molecule has 1 N–H and O–H groups in total. The van der Waals surface area contributed by atoms with Crippen LogP contribution >= 0.6 is 0 Å². The summed E-state index contributed by atoms with van der Waals surface area (Å²) in [6, 6.07) is 9.85. The van der Waals surface area contributed by atoms with Gasteiger partial charge in [-0.2, -0.15) is 8.42 Å². The number of rotatable bonds is 11. The summed E-state index contributed by atoms with van der Waals surface area (Å²) in [4.78, 5) is 13.0. The van der Waals surface area contributed by atoms with Crippen LogP contribution in [0.25, 0.3) is 0 Å². The van der Waals surface area contributed by atoms with Crippen LogP contribution in [0.2, 0.25) is 0 Å². The van der Waals surface area contributed by atoms with E-state index in [1.807, 2.05) is 38.1 Å². The van der Waals surface area contributed by atoms with Crippen molar-refractivity contribution in [2.45, 2.75) is 110 Å². The average molecular weight is 516 g/mol. The van der Waals surface area contributed by atoms with E-state index in [1.165, 1.54) is 0 Å². The standard InChI is InChI=1S/C30H45NO4S/c1-18(2)23-12-11-13-24(19(3)4)30(23)31-29(32)14-15-35-36(33,34)28-17-26(21(7)8)25(20(5)6)16-27(28)22(9)10/h11-13,16-22H,14-15H2,1-10H3,(H,31,32). The van der Waals surface area contributed by atoms with Gasteiger partial charge >= 0.3 is 0 Å². The third-order valence-corrected chi connectivity index (χ3v) is 7.92. The lowest BCUT2D eigenvalue weighted by Crippen LogP contribution is -2.19. The van der Waals surface area contributed by atoms with Gasteiger partial charge in [-0.05, 0) is 63.5 Å². The summed E-state index contributed by atoms with van der Waals surface area (Å²) in [7, 11) is -4.03. The first kappa shape index (κ1) is 30.0. The minimum atomic E-state index is -4.03. The van der Waals surface area contributed by atoms with Crippen LogP contribution in [0.5, 0.6) is 0 Å². The fourth-order valence-electron chi connectivity index (χ4n) is 4.50. The van der Waals surface area contributed by atoms with E-state index in [-0.39, 0.29) is 53.4 Å². The Morgan fingerprint density at radius 2 is 1.17 bits per heavy atom. The van der Waals surface area contributed by atoms with Crippen LogP contribution in [-0.4, -0.2) is 20.9 Å². The van der Waals surface area contributed by atoms with Gasteiger partial charge in [0.1, 0.15) is 0 Å².